The first-order chi connectivity index (χ1) is 7.94. The van der Waals surface area contributed by atoms with Crippen molar-refractivity contribution in [3.05, 3.63) is 39.1 Å². The van der Waals surface area contributed by atoms with Gasteiger partial charge in [0.15, 0.2) is 0 Å². The number of benzene rings is 1. The highest BCUT2D eigenvalue weighted by atomic mass is 79.9. The lowest BCUT2D eigenvalue weighted by atomic mass is 10.2. The number of halogens is 4. The topological polar surface area (TPSA) is 12.9 Å². The summed E-state index contributed by atoms with van der Waals surface area (Å²) in [5.74, 6) is 0. The van der Waals surface area contributed by atoms with E-state index in [1.54, 1.807) is 5.38 Å². The van der Waals surface area contributed by atoms with E-state index in [0.717, 1.165) is 21.4 Å². The van der Waals surface area contributed by atoms with Gasteiger partial charge in [0, 0.05) is 15.4 Å². The van der Waals surface area contributed by atoms with E-state index < -0.39 is 12.6 Å². The molecular weight excluding hydrogens is 315 g/mol. The van der Waals surface area contributed by atoms with Crippen LogP contribution in [0.3, 0.4) is 0 Å². The third-order valence-electron chi connectivity index (χ3n) is 2.02. The molecule has 6 heteroatoms. The van der Waals surface area contributed by atoms with Crippen LogP contribution >= 0.6 is 27.3 Å². The standard InChI is InChI=1S/C11H7BrF3NS/c12-8-3-1-2-7(4-8)9-6-17-10(16-9)5-11(13,14)15/h1-4,6H,5H2. The molecule has 2 aromatic rings. The molecule has 17 heavy (non-hydrogen) atoms. The summed E-state index contributed by atoms with van der Waals surface area (Å²) in [6.45, 7) is 0. The molecule has 0 fully saturated rings. The molecule has 0 aliphatic carbocycles. The number of aromatic nitrogens is 1. The molecule has 1 heterocycles. The molecule has 1 aromatic heterocycles. The molecule has 0 saturated carbocycles. The van der Waals surface area contributed by atoms with Gasteiger partial charge >= 0.3 is 6.18 Å². The maximum absolute atomic E-state index is 12.2. The third-order valence-corrected chi connectivity index (χ3v) is 3.37. The Morgan fingerprint density at radius 1 is 1.29 bits per heavy atom. The Kier molecular flexibility index (Phi) is 3.53. The van der Waals surface area contributed by atoms with Gasteiger partial charge in [-0.25, -0.2) is 4.98 Å². The molecule has 0 spiro atoms. The first-order valence-corrected chi connectivity index (χ1v) is 6.38. The van der Waals surface area contributed by atoms with Crippen molar-refractivity contribution in [2.75, 3.05) is 0 Å². The zero-order chi connectivity index (χ0) is 12.5. The second-order valence-electron chi connectivity index (χ2n) is 3.43. The molecule has 1 nitrogen and oxygen atoms in total. The van der Waals surface area contributed by atoms with Gasteiger partial charge in [0.05, 0.1) is 12.1 Å². The molecule has 0 unspecified atom stereocenters. The molecule has 0 aliphatic rings. The van der Waals surface area contributed by atoms with Crippen molar-refractivity contribution < 1.29 is 13.2 Å². The summed E-state index contributed by atoms with van der Waals surface area (Å²) in [5, 5.41) is 1.73. The Labute approximate surface area is 108 Å². The highest BCUT2D eigenvalue weighted by Gasteiger charge is 2.29. The van der Waals surface area contributed by atoms with Crippen LogP contribution in [0, 0.1) is 0 Å². The van der Waals surface area contributed by atoms with Gasteiger partial charge in [-0.15, -0.1) is 11.3 Å². The van der Waals surface area contributed by atoms with Crippen LogP contribution in [0.4, 0.5) is 13.2 Å². The van der Waals surface area contributed by atoms with Crippen LogP contribution in [0.15, 0.2) is 34.1 Å². The van der Waals surface area contributed by atoms with Crippen molar-refractivity contribution in [3.8, 4) is 11.3 Å². The summed E-state index contributed by atoms with van der Waals surface area (Å²) in [7, 11) is 0. The first-order valence-electron chi connectivity index (χ1n) is 4.71. The average Bonchev–Trinajstić information content (AvgIpc) is 2.63. The van der Waals surface area contributed by atoms with Crippen molar-refractivity contribution in [2.24, 2.45) is 0 Å². The molecule has 1 aromatic carbocycles. The molecular formula is C11H7BrF3NS. The van der Waals surface area contributed by atoms with Crippen LogP contribution < -0.4 is 0 Å². The Hall–Kier alpha value is -0.880. The number of thiazole rings is 1. The van der Waals surface area contributed by atoms with Crippen molar-refractivity contribution in [1.82, 2.24) is 4.98 Å². The van der Waals surface area contributed by atoms with E-state index in [-0.39, 0.29) is 5.01 Å². The minimum atomic E-state index is -4.20. The number of alkyl halides is 3. The molecule has 0 N–H and O–H groups in total. The van der Waals surface area contributed by atoms with E-state index in [4.69, 9.17) is 0 Å². The fraction of sp³-hybridized carbons (Fsp3) is 0.182. The number of hydrogen-bond donors (Lipinski definition) is 0. The summed E-state index contributed by atoms with van der Waals surface area (Å²) in [5.41, 5.74) is 1.39. The first kappa shape index (κ1) is 12.6. The van der Waals surface area contributed by atoms with Crippen molar-refractivity contribution in [1.29, 1.82) is 0 Å². The maximum Gasteiger partial charge on any atom is 0.395 e. The van der Waals surface area contributed by atoms with E-state index in [1.807, 2.05) is 24.3 Å². The van der Waals surface area contributed by atoms with Crippen LogP contribution in [0.5, 0.6) is 0 Å². The molecule has 90 valence electrons. The lowest BCUT2D eigenvalue weighted by Gasteiger charge is -2.01. The van der Waals surface area contributed by atoms with Crippen molar-refractivity contribution >= 4 is 27.3 Å². The highest BCUT2D eigenvalue weighted by Crippen LogP contribution is 2.28. The smallest absolute Gasteiger partial charge is 0.241 e. The monoisotopic (exact) mass is 321 g/mol. The lowest BCUT2D eigenvalue weighted by Crippen LogP contribution is -2.11. The van der Waals surface area contributed by atoms with Crippen LogP contribution in [0.1, 0.15) is 5.01 Å². The summed E-state index contributed by atoms with van der Waals surface area (Å²) in [6, 6.07) is 7.32. The van der Waals surface area contributed by atoms with Gasteiger partial charge in [-0.2, -0.15) is 13.2 Å². The Morgan fingerprint density at radius 3 is 2.71 bits per heavy atom. The van der Waals surface area contributed by atoms with Crippen molar-refractivity contribution in [2.45, 2.75) is 12.6 Å². The minimum absolute atomic E-state index is 0.0903. The van der Waals surface area contributed by atoms with Crippen LogP contribution in [0.25, 0.3) is 11.3 Å². The fourth-order valence-corrected chi connectivity index (χ4v) is 2.58. The molecule has 0 atom stereocenters. The SMILES string of the molecule is FC(F)(F)Cc1nc(-c2cccc(Br)c2)cs1. The lowest BCUT2D eigenvalue weighted by molar-refractivity contribution is -0.127. The van der Waals surface area contributed by atoms with Gasteiger partial charge in [-0.3, -0.25) is 0 Å². The van der Waals surface area contributed by atoms with E-state index >= 15 is 0 Å². The zero-order valence-corrected chi connectivity index (χ0v) is 10.9. The normalized spacial score (nSPS) is 11.8. The summed E-state index contributed by atoms with van der Waals surface area (Å²) in [6.07, 6.45) is -5.17. The minimum Gasteiger partial charge on any atom is -0.241 e. The largest absolute Gasteiger partial charge is 0.395 e. The van der Waals surface area contributed by atoms with Crippen LogP contribution in [-0.4, -0.2) is 11.2 Å². The molecule has 0 amide bonds. The second-order valence-corrected chi connectivity index (χ2v) is 5.29. The van der Waals surface area contributed by atoms with Gasteiger partial charge in [-0.05, 0) is 12.1 Å². The Balaban J connectivity index is 2.24. The summed E-state index contributed by atoms with van der Waals surface area (Å²) >= 11 is 4.34. The van der Waals surface area contributed by atoms with Gasteiger partial charge in [-0.1, -0.05) is 28.1 Å². The predicted molar refractivity (Wildman–Crippen MR) is 65.0 cm³/mol. The molecule has 0 radical (unpaired) electrons. The third kappa shape index (κ3) is 3.54. The average molecular weight is 322 g/mol. The Bertz CT molecular complexity index is 521. The van der Waals surface area contributed by atoms with Gasteiger partial charge in [0.25, 0.3) is 0 Å². The summed E-state index contributed by atoms with van der Waals surface area (Å²) in [4.78, 5) is 3.98. The molecule has 0 bridgehead atoms. The predicted octanol–water partition coefficient (Wildman–Crippen LogP) is 4.68. The maximum atomic E-state index is 12.2. The summed E-state index contributed by atoms with van der Waals surface area (Å²) < 4.78 is 37.4. The quantitative estimate of drug-likeness (QED) is 0.782. The van der Waals surface area contributed by atoms with E-state index in [1.165, 1.54) is 0 Å². The molecule has 0 aliphatic heterocycles. The molecule has 0 saturated heterocycles. The number of hydrogen-bond acceptors (Lipinski definition) is 2. The van der Waals surface area contributed by atoms with E-state index in [9.17, 15) is 13.2 Å². The Morgan fingerprint density at radius 2 is 2.06 bits per heavy atom. The fourth-order valence-electron chi connectivity index (χ4n) is 1.34. The van der Waals surface area contributed by atoms with E-state index in [2.05, 4.69) is 20.9 Å². The van der Waals surface area contributed by atoms with Crippen molar-refractivity contribution in [3.63, 3.8) is 0 Å². The second kappa shape index (κ2) is 4.78. The van der Waals surface area contributed by atoms with Gasteiger partial charge < -0.3 is 0 Å². The van der Waals surface area contributed by atoms with E-state index in [0.29, 0.717) is 5.69 Å². The molecule has 2 rings (SSSR count). The zero-order valence-electron chi connectivity index (χ0n) is 8.46. The number of rotatable bonds is 2. The van der Waals surface area contributed by atoms with Gasteiger partial charge in [0.1, 0.15) is 5.01 Å². The highest BCUT2D eigenvalue weighted by molar-refractivity contribution is 9.10. The van der Waals surface area contributed by atoms with Crippen LogP contribution in [-0.2, 0) is 6.42 Å². The number of nitrogens with zero attached hydrogens (tertiary/aromatic N) is 1. The van der Waals surface area contributed by atoms with Crippen LogP contribution in [0.2, 0.25) is 0 Å². The van der Waals surface area contributed by atoms with Gasteiger partial charge in [0.2, 0.25) is 0 Å².